The predicted molar refractivity (Wildman–Crippen MR) is 72.3 cm³/mol. The van der Waals surface area contributed by atoms with Gasteiger partial charge in [0.25, 0.3) is 0 Å². The van der Waals surface area contributed by atoms with Crippen LogP contribution in [0.2, 0.25) is 0 Å². The van der Waals surface area contributed by atoms with Crippen molar-refractivity contribution in [2.75, 3.05) is 26.3 Å². The summed E-state index contributed by atoms with van der Waals surface area (Å²) in [5.41, 5.74) is -0.465. The van der Waals surface area contributed by atoms with Crippen LogP contribution in [0.1, 0.15) is 22.3 Å². The molecule has 0 aromatic heterocycles. The van der Waals surface area contributed by atoms with Crippen molar-refractivity contribution >= 4 is 16.0 Å². The second-order valence-electron chi connectivity index (χ2n) is 4.76. The fourth-order valence-electron chi connectivity index (χ4n) is 2.15. The van der Waals surface area contributed by atoms with Gasteiger partial charge in [-0.25, -0.2) is 17.6 Å². The Kier molecular flexibility index (Phi) is 4.60. The first-order valence-electron chi connectivity index (χ1n) is 6.45. The fraction of sp³-hybridized carbons (Fsp3) is 0.462. The van der Waals surface area contributed by atoms with E-state index in [2.05, 4.69) is 0 Å². The Hall–Kier alpha value is -1.51. The monoisotopic (exact) mass is 317 g/mol. The summed E-state index contributed by atoms with van der Waals surface area (Å²) >= 11 is 0. The van der Waals surface area contributed by atoms with Crippen molar-refractivity contribution in [2.45, 2.75) is 18.2 Å². The summed E-state index contributed by atoms with van der Waals surface area (Å²) in [6.45, 7) is 2.48. The molecule has 6 nitrogen and oxygen atoms in total. The van der Waals surface area contributed by atoms with Crippen molar-refractivity contribution in [1.82, 2.24) is 4.31 Å². The van der Waals surface area contributed by atoms with Gasteiger partial charge in [0, 0.05) is 25.3 Å². The summed E-state index contributed by atoms with van der Waals surface area (Å²) in [5, 5.41) is 8.95. The zero-order valence-electron chi connectivity index (χ0n) is 11.5. The molecule has 1 saturated heterocycles. The molecule has 0 aliphatic carbocycles. The molecule has 0 bridgehead atoms. The molecule has 0 atom stereocenters. The number of carboxylic acids is 1. The van der Waals surface area contributed by atoms with Crippen LogP contribution in [0.15, 0.2) is 17.0 Å². The lowest BCUT2D eigenvalue weighted by molar-refractivity contribution is 0.0696. The number of sulfonamides is 1. The Morgan fingerprint density at radius 3 is 2.71 bits per heavy atom. The van der Waals surface area contributed by atoms with Crippen LogP contribution >= 0.6 is 0 Å². The number of aromatic carboxylic acids is 1. The van der Waals surface area contributed by atoms with E-state index in [1.165, 1.54) is 11.2 Å². The van der Waals surface area contributed by atoms with Gasteiger partial charge < -0.3 is 9.84 Å². The van der Waals surface area contributed by atoms with Gasteiger partial charge in [0.2, 0.25) is 10.0 Å². The average molecular weight is 317 g/mol. The van der Waals surface area contributed by atoms with Gasteiger partial charge in [0.15, 0.2) is 0 Å². The highest BCUT2D eigenvalue weighted by Gasteiger charge is 2.29. The molecule has 8 heteroatoms. The molecular weight excluding hydrogens is 301 g/mol. The lowest BCUT2D eigenvalue weighted by Crippen LogP contribution is -2.34. The third-order valence-corrected chi connectivity index (χ3v) is 5.37. The van der Waals surface area contributed by atoms with Crippen molar-refractivity contribution in [1.29, 1.82) is 0 Å². The minimum absolute atomic E-state index is 0.0786. The molecule has 0 radical (unpaired) electrons. The van der Waals surface area contributed by atoms with Crippen LogP contribution in [0.25, 0.3) is 0 Å². The van der Waals surface area contributed by atoms with E-state index in [0.29, 0.717) is 13.0 Å². The molecule has 0 spiro atoms. The van der Waals surface area contributed by atoms with Gasteiger partial charge in [-0.15, -0.1) is 0 Å². The Balaban J connectivity index is 2.50. The lowest BCUT2D eigenvalue weighted by atomic mass is 10.1. The predicted octanol–water partition coefficient (Wildman–Crippen LogP) is 1.24. The number of carbonyl (C=O) groups is 1. The number of ether oxygens (including phenoxy) is 1. The Bertz CT molecular complexity index is 651. The number of hydrogen-bond acceptors (Lipinski definition) is 4. The molecule has 1 aromatic carbocycles. The summed E-state index contributed by atoms with van der Waals surface area (Å²) < 4.78 is 45.4. The van der Waals surface area contributed by atoms with Gasteiger partial charge in [0.05, 0.1) is 17.1 Å². The van der Waals surface area contributed by atoms with Crippen LogP contribution in [0.5, 0.6) is 0 Å². The minimum Gasteiger partial charge on any atom is -0.478 e. The molecular formula is C13H16FNO5S. The standard InChI is InChI=1S/C13H16FNO5S/c1-9-11(14)7-10(13(16)17)8-12(9)21(18,19)15-3-2-5-20-6-4-15/h7-8H,2-6H2,1H3,(H,16,17). The third kappa shape index (κ3) is 3.22. The SMILES string of the molecule is Cc1c(F)cc(C(=O)O)cc1S(=O)(=O)N1CCCOCC1. The normalized spacial score (nSPS) is 17.4. The largest absolute Gasteiger partial charge is 0.478 e. The van der Waals surface area contributed by atoms with Crippen LogP contribution in [0, 0.1) is 12.7 Å². The molecule has 21 heavy (non-hydrogen) atoms. The first-order valence-corrected chi connectivity index (χ1v) is 7.89. The van der Waals surface area contributed by atoms with E-state index in [0.717, 1.165) is 12.1 Å². The van der Waals surface area contributed by atoms with E-state index in [4.69, 9.17) is 9.84 Å². The summed E-state index contributed by atoms with van der Waals surface area (Å²) in [6.07, 6.45) is 0.541. The molecule has 1 aliphatic rings. The van der Waals surface area contributed by atoms with E-state index in [-0.39, 0.29) is 35.7 Å². The van der Waals surface area contributed by atoms with Gasteiger partial charge in [0.1, 0.15) is 5.82 Å². The average Bonchev–Trinajstić information content (AvgIpc) is 2.70. The first-order chi connectivity index (χ1) is 9.84. The van der Waals surface area contributed by atoms with Crippen molar-refractivity contribution in [3.63, 3.8) is 0 Å². The molecule has 1 aromatic rings. The molecule has 2 rings (SSSR count). The molecule has 0 saturated carbocycles. The molecule has 116 valence electrons. The molecule has 1 heterocycles. The van der Waals surface area contributed by atoms with Crippen LogP contribution in [0.4, 0.5) is 4.39 Å². The highest BCUT2D eigenvalue weighted by Crippen LogP contribution is 2.24. The maximum atomic E-state index is 13.8. The number of carboxylic acid groups (broad SMARTS) is 1. The van der Waals surface area contributed by atoms with E-state index in [9.17, 15) is 17.6 Å². The first kappa shape index (κ1) is 15.9. The second-order valence-corrected chi connectivity index (χ2v) is 6.66. The zero-order chi connectivity index (χ0) is 15.6. The number of nitrogens with zero attached hydrogens (tertiary/aromatic N) is 1. The highest BCUT2D eigenvalue weighted by molar-refractivity contribution is 7.89. The Labute approximate surface area is 122 Å². The van der Waals surface area contributed by atoms with Gasteiger partial charge in [-0.3, -0.25) is 0 Å². The zero-order valence-corrected chi connectivity index (χ0v) is 12.3. The van der Waals surface area contributed by atoms with Crippen LogP contribution in [-0.4, -0.2) is 50.1 Å². The smallest absolute Gasteiger partial charge is 0.335 e. The maximum Gasteiger partial charge on any atom is 0.335 e. The van der Waals surface area contributed by atoms with Gasteiger partial charge >= 0.3 is 5.97 Å². The van der Waals surface area contributed by atoms with E-state index in [1.54, 1.807) is 0 Å². The van der Waals surface area contributed by atoms with E-state index < -0.39 is 21.8 Å². The van der Waals surface area contributed by atoms with Gasteiger partial charge in [-0.2, -0.15) is 4.31 Å². The maximum absolute atomic E-state index is 13.8. The third-order valence-electron chi connectivity index (χ3n) is 3.34. The van der Waals surface area contributed by atoms with E-state index >= 15 is 0 Å². The summed E-state index contributed by atoms with van der Waals surface area (Å²) in [4.78, 5) is 10.7. The number of benzene rings is 1. The lowest BCUT2D eigenvalue weighted by Gasteiger charge is -2.21. The van der Waals surface area contributed by atoms with Crippen molar-refractivity contribution in [3.8, 4) is 0 Å². The number of halogens is 1. The molecule has 1 aliphatic heterocycles. The van der Waals surface area contributed by atoms with Gasteiger partial charge in [-0.1, -0.05) is 0 Å². The number of hydrogen-bond donors (Lipinski definition) is 1. The van der Waals surface area contributed by atoms with E-state index in [1.807, 2.05) is 0 Å². The Morgan fingerprint density at radius 2 is 2.05 bits per heavy atom. The van der Waals surface area contributed by atoms with Crippen molar-refractivity contribution in [3.05, 3.63) is 29.1 Å². The molecule has 1 N–H and O–H groups in total. The van der Waals surface area contributed by atoms with Crippen molar-refractivity contribution < 1.29 is 27.4 Å². The molecule has 0 unspecified atom stereocenters. The minimum atomic E-state index is -3.94. The summed E-state index contributed by atoms with van der Waals surface area (Å²) in [5.74, 6) is -2.22. The van der Waals surface area contributed by atoms with Crippen molar-refractivity contribution in [2.24, 2.45) is 0 Å². The molecule has 1 fully saturated rings. The van der Waals surface area contributed by atoms with Crippen LogP contribution < -0.4 is 0 Å². The Morgan fingerprint density at radius 1 is 1.33 bits per heavy atom. The second kappa shape index (κ2) is 6.08. The van der Waals surface area contributed by atoms with Gasteiger partial charge in [-0.05, 0) is 25.5 Å². The summed E-state index contributed by atoms with van der Waals surface area (Å²) in [6, 6.07) is 1.82. The quantitative estimate of drug-likeness (QED) is 0.907. The molecule has 0 amide bonds. The van der Waals surface area contributed by atoms with Crippen LogP contribution in [0.3, 0.4) is 0 Å². The number of rotatable bonds is 3. The fourth-order valence-corrected chi connectivity index (χ4v) is 3.87. The highest BCUT2D eigenvalue weighted by atomic mass is 32.2. The van der Waals surface area contributed by atoms with Crippen LogP contribution in [-0.2, 0) is 14.8 Å². The topological polar surface area (TPSA) is 83.9 Å². The summed E-state index contributed by atoms with van der Waals surface area (Å²) in [7, 11) is -3.94.